The molecule has 0 saturated carbocycles. The molecule has 3 aromatic rings. The monoisotopic (exact) mass is 488 g/mol. The van der Waals surface area contributed by atoms with Crippen LogP contribution in [0.4, 0.5) is 11.4 Å². The minimum absolute atomic E-state index is 0.259. The van der Waals surface area contributed by atoms with E-state index in [4.69, 9.17) is 9.47 Å². The summed E-state index contributed by atoms with van der Waals surface area (Å²) in [6.45, 7) is 11.9. The number of anilines is 2. The van der Waals surface area contributed by atoms with Crippen LogP contribution in [-0.4, -0.2) is 24.0 Å². The second kappa shape index (κ2) is 12.2. The molecule has 2 amide bonds. The average Bonchev–Trinajstić information content (AvgIpc) is 2.85. The van der Waals surface area contributed by atoms with Crippen molar-refractivity contribution in [3.63, 3.8) is 0 Å². The van der Waals surface area contributed by atoms with Gasteiger partial charge in [-0.05, 0) is 85.3 Å². The van der Waals surface area contributed by atoms with Gasteiger partial charge in [0.25, 0.3) is 11.8 Å². The van der Waals surface area contributed by atoms with Gasteiger partial charge in [-0.25, -0.2) is 0 Å². The molecule has 0 aliphatic carbocycles. The highest BCUT2D eigenvalue weighted by Crippen LogP contribution is 2.21. The molecule has 0 heterocycles. The molecule has 2 atom stereocenters. The van der Waals surface area contributed by atoms with Crippen LogP contribution in [0.3, 0.4) is 0 Å². The molecule has 190 valence electrons. The average molecular weight is 489 g/mol. The lowest BCUT2D eigenvalue weighted by atomic mass is 10.0. The van der Waals surface area contributed by atoms with E-state index < -0.39 is 12.2 Å². The van der Waals surface area contributed by atoms with E-state index in [1.807, 2.05) is 48.5 Å². The van der Waals surface area contributed by atoms with Crippen LogP contribution in [-0.2, 0) is 9.59 Å². The van der Waals surface area contributed by atoms with Gasteiger partial charge in [0.1, 0.15) is 11.5 Å². The van der Waals surface area contributed by atoms with Gasteiger partial charge in [-0.3, -0.25) is 9.59 Å². The summed E-state index contributed by atoms with van der Waals surface area (Å²) >= 11 is 0. The summed E-state index contributed by atoms with van der Waals surface area (Å²) in [5.41, 5.74) is 3.65. The fourth-order valence-electron chi connectivity index (χ4n) is 3.50. The maximum Gasteiger partial charge on any atom is 0.265 e. The van der Waals surface area contributed by atoms with Crippen molar-refractivity contribution in [2.45, 2.75) is 65.6 Å². The van der Waals surface area contributed by atoms with E-state index in [1.54, 1.807) is 38.1 Å². The summed E-state index contributed by atoms with van der Waals surface area (Å²) < 4.78 is 11.5. The summed E-state index contributed by atoms with van der Waals surface area (Å²) in [7, 11) is 0. The van der Waals surface area contributed by atoms with E-state index in [0.717, 1.165) is 0 Å². The number of ether oxygens (including phenoxy) is 2. The predicted molar refractivity (Wildman–Crippen MR) is 145 cm³/mol. The van der Waals surface area contributed by atoms with E-state index in [-0.39, 0.29) is 11.8 Å². The number of amides is 2. The zero-order valence-corrected chi connectivity index (χ0v) is 21.9. The molecule has 36 heavy (non-hydrogen) atoms. The molecule has 0 aliphatic heterocycles. The second-order valence-corrected chi connectivity index (χ2v) is 9.52. The number of benzene rings is 3. The topological polar surface area (TPSA) is 76.7 Å². The standard InChI is InChI=1S/C30H36N2O4/c1-19(2)23-7-15-27(16-8-23)35-21(5)29(33)31-25-11-13-26(14-12-25)32-30(34)22(6)36-28-17-9-24(10-18-28)20(3)4/h7-22H,1-6H3,(H,31,33)(H,32,34)/t21-,22-/m1/s1. The number of rotatable bonds is 10. The predicted octanol–water partition coefficient (Wildman–Crippen LogP) is 6.75. The smallest absolute Gasteiger partial charge is 0.265 e. The number of carbonyl (C=O) groups is 2. The highest BCUT2D eigenvalue weighted by Gasteiger charge is 2.17. The lowest BCUT2D eigenvalue weighted by Gasteiger charge is -2.17. The van der Waals surface area contributed by atoms with Crippen LogP contribution in [0.5, 0.6) is 11.5 Å². The molecule has 0 bridgehead atoms. The SMILES string of the molecule is CC(C)c1ccc(O[C@H](C)C(=O)Nc2ccc(NC(=O)[C@@H](C)Oc3ccc(C(C)C)cc3)cc2)cc1. The third kappa shape index (κ3) is 7.60. The van der Waals surface area contributed by atoms with Crippen molar-refractivity contribution in [3.8, 4) is 11.5 Å². The van der Waals surface area contributed by atoms with Crippen molar-refractivity contribution in [3.05, 3.63) is 83.9 Å². The quantitative estimate of drug-likeness (QED) is 0.331. The van der Waals surface area contributed by atoms with Crippen LogP contribution >= 0.6 is 0 Å². The molecule has 0 fully saturated rings. The first kappa shape index (κ1) is 26.8. The van der Waals surface area contributed by atoms with Crippen molar-refractivity contribution in [2.75, 3.05) is 10.6 Å². The molecule has 0 spiro atoms. The Kier molecular flexibility index (Phi) is 9.12. The van der Waals surface area contributed by atoms with E-state index >= 15 is 0 Å². The molecule has 0 aromatic heterocycles. The Morgan fingerprint density at radius 2 is 0.833 bits per heavy atom. The van der Waals surface area contributed by atoms with Crippen LogP contribution in [0.1, 0.15) is 64.5 Å². The maximum atomic E-state index is 12.6. The van der Waals surface area contributed by atoms with Crippen LogP contribution in [0.25, 0.3) is 0 Å². The highest BCUT2D eigenvalue weighted by molar-refractivity contribution is 5.96. The largest absolute Gasteiger partial charge is 0.481 e. The van der Waals surface area contributed by atoms with Gasteiger partial charge < -0.3 is 20.1 Å². The zero-order valence-electron chi connectivity index (χ0n) is 21.9. The van der Waals surface area contributed by atoms with Crippen LogP contribution in [0.15, 0.2) is 72.8 Å². The van der Waals surface area contributed by atoms with Gasteiger partial charge in [0, 0.05) is 11.4 Å². The summed E-state index contributed by atoms with van der Waals surface area (Å²) in [6.07, 6.45) is -1.33. The third-order valence-corrected chi connectivity index (χ3v) is 5.88. The van der Waals surface area contributed by atoms with Gasteiger partial charge >= 0.3 is 0 Å². The number of hydrogen-bond donors (Lipinski definition) is 2. The lowest BCUT2D eigenvalue weighted by molar-refractivity contribution is -0.122. The van der Waals surface area contributed by atoms with Crippen molar-refractivity contribution < 1.29 is 19.1 Å². The van der Waals surface area contributed by atoms with Gasteiger partial charge in [-0.1, -0.05) is 52.0 Å². The van der Waals surface area contributed by atoms with E-state index in [0.29, 0.717) is 34.7 Å². The fourth-order valence-corrected chi connectivity index (χ4v) is 3.50. The third-order valence-electron chi connectivity index (χ3n) is 5.88. The molecule has 0 saturated heterocycles. The second-order valence-electron chi connectivity index (χ2n) is 9.52. The summed E-state index contributed by atoms with van der Waals surface area (Å²) in [6, 6.07) is 22.5. The summed E-state index contributed by atoms with van der Waals surface area (Å²) in [5.74, 6) is 1.64. The molecular formula is C30H36N2O4. The van der Waals surface area contributed by atoms with Crippen molar-refractivity contribution in [1.29, 1.82) is 0 Å². The van der Waals surface area contributed by atoms with Crippen molar-refractivity contribution >= 4 is 23.2 Å². The Balaban J connectivity index is 1.49. The van der Waals surface area contributed by atoms with Gasteiger partial charge in [0.05, 0.1) is 0 Å². The van der Waals surface area contributed by atoms with Crippen molar-refractivity contribution in [2.24, 2.45) is 0 Å². The first-order valence-electron chi connectivity index (χ1n) is 12.4. The minimum atomic E-state index is -0.665. The molecule has 6 heteroatoms. The Morgan fingerprint density at radius 1 is 0.528 bits per heavy atom. The van der Waals surface area contributed by atoms with E-state index in [1.165, 1.54) is 11.1 Å². The Hall–Kier alpha value is -3.80. The molecule has 3 aromatic carbocycles. The Bertz CT molecular complexity index is 1040. The highest BCUT2D eigenvalue weighted by atomic mass is 16.5. The van der Waals surface area contributed by atoms with E-state index in [2.05, 4.69) is 38.3 Å². The van der Waals surface area contributed by atoms with Crippen LogP contribution in [0, 0.1) is 0 Å². The van der Waals surface area contributed by atoms with Gasteiger partial charge in [0.15, 0.2) is 12.2 Å². The molecule has 0 unspecified atom stereocenters. The Morgan fingerprint density at radius 3 is 1.11 bits per heavy atom. The molecule has 2 N–H and O–H groups in total. The van der Waals surface area contributed by atoms with Crippen LogP contribution < -0.4 is 20.1 Å². The normalized spacial score (nSPS) is 12.7. The minimum Gasteiger partial charge on any atom is -0.481 e. The van der Waals surface area contributed by atoms with E-state index in [9.17, 15) is 9.59 Å². The zero-order chi connectivity index (χ0) is 26.2. The van der Waals surface area contributed by atoms with Crippen LogP contribution in [0.2, 0.25) is 0 Å². The number of carbonyl (C=O) groups excluding carboxylic acids is 2. The first-order valence-corrected chi connectivity index (χ1v) is 12.4. The summed E-state index contributed by atoms with van der Waals surface area (Å²) in [4.78, 5) is 25.1. The molecule has 3 rings (SSSR count). The first-order chi connectivity index (χ1) is 17.1. The molecule has 6 nitrogen and oxygen atoms in total. The van der Waals surface area contributed by atoms with Crippen molar-refractivity contribution in [1.82, 2.24) is 0 Å². The molecule has 0 aliphatic rings. The number of nitrogens with one attached hydrogen (secondary N) is 2. The van der Waals surface area contributed by atoms with Gasteiger partial charge in [-0.15, -0.1) is 0 Å². The molecule has 0 radical (unpaired) electrons. The fraction of sp³-hybridized carbons (Fsp3) is 0.333. The molecular weight excluding hydrogens is 452 g/mol. The maximum absolute atomic E-state index is 12.6. The lowest BCUT2D eigenvalue weighted by Crippen LogP contribution is -2.30. The Labute approximate surface area is 214 Å². The summed E-state index contributed by atoms with van der Waals surface area (Å²) in [5, 5.41) is 5.68. The van der Waals surface area contributed by atoms with Gasteiger partial charge in [-0.2, -0.15) is 0 Å². The number of hydrogen-bond acceptors (Lipinski definition) is 4. The van der Waals surface area contributed by atoms with Gasteiger partial charge in [0.2, 0.25) is 0 Å².